The fraction of sp³-hybridized carbons (Fsp3) is 0. The van der Waals surface area contributed by atoms with E-state index in [-0.39, 0.29) is 73.4 Å². The van der Waals surface area contributed by atoms with Crippen LogP contribution in [-0.4, -0.2) is 0 Å². The van der Waals surface area contributed by atoms with Crippen molar-refractivity contribution in [2.45, 2.75) is 0 Å². The molecule has 0 N–H and O–H groups in total. The number of hydrogen-bond acceptors (Lipinski definition) is 4. The van der Waals surface area contributed by atoms with Gasteiger partial charge in [0.1, 0.15) is 0 Å². The van der Waals surface area contributed by atoms with Crippen molar-refractivity contribution in [3.8, 4) is 0 Å². The molecular formula is CrFKO4P. The molecule has 0 heterocycles. The molecule has 0 aromatic rings. The minimum atomic E-state index is -5.39. The molecule has 0 aromatic heterocycles. The van der Waals surface area contributed by atoms with E-state index in [1.165, 1.54) is 0 Å². The van der Waals surface area contributed by atoms with E-state index >= 15 is 0 Å². The quantitative estimate of drug-likeness (QED) is 0.290. The predicted molar refractivity (Wildman–Crippen MR) is 7.61 cm³/mol. The van der Waals surface area contributed by atoms with Crippen molar-refractivity contribution in [3.05, 3.63) is 0 Å². The number of phosphoric acid groups is 1. The second-order valence-electron chi connectivity index (χ2n) is 0.447. The standard InChI is InChI=1S/Cr.FH.K.H3O4P/c;;;1-5(2,3)4/h;1H;;(H3,1,2,3,4)/q+3;;+1;/p-4. The van der Waals surface area contributed by atoms with Gasteiger partial charge in [-0.1, -0.05) is 0 Å². The Morgan fingerprint density at radius 1 is 1.12 bits per heavy atom. The van der Waals surface area contributed by atoms with Crippen LogP contribution >= 0.6 is 7.82 Å². The third kappa shape index (κ3) is 87.4. The van der Waals surface area contributed by atoms with Crippen LogP contribution < -0.4 is 70.8 Å². The van der Waals surface area contributed by atoms with Crippen LogP contribution in [0.1, 0.15) is 0 Å². The van der Waals surface area contributed by atoms with Gasteiger partial charge in [0, 0.05) is 0 Å². The summed E-state index contributed by atoms with van der Waals surface area (Å²) in [4.78, 5) is 25.6. The first-order chi connectivity index (χ1) is 2.00. The van der Waals surface area contributed by atoms with Gasteiger partial charge in [-0.15, -0.1) is 0 Å². The van der Waals surface area contributed by atoms with Crippen molar-refractivity contribution in [1.29, 1.82) is 0 Å². The molecule has 0 amide bonds. The van der Waals surface area contributed by atoms with Gasteiger partial charge in [-0.3, -0.25) is 0 Å². The van der Waals surface area contributed by atoms with Crippen LogP contribution in [-0.2, 0) is 21.9 Å². The van der Waals surface area contributed by atoms with E-state index in [1.54, 1.807) is 0 Å². The molecule has 0 fully saturated rings. The summed E-state index contributed by atoms with van der Waals surface area (Å²) >= 11 is 0. The second kappa shape index (κ2) is 9.21. The molecule has 43 valence electrons. The Morgan fingerprint density at radius 2 is 1.12 bits per heavy atom. The topological polar surface area (TPSA) is 86.2 Å². The number of halogens is 1. The van der Waals surface area contributed by atoms with Gasteiger partial charge in [-0.05, 0) is 0 Å². The average Bonchev–Trinajstić information content (AvgIpc) is 0.722. The predicted octanol–water partition coefficient (Wildman–Crippen LogP) is -8.82. The normalized spacial score (nSPS) is 7.38. The van der Waals surface area contributed by atoms with Gasteiger partial charge >= 0.3 is 68.7 Å². The second-order valence-corrected chi connectivity index (χ2v) is 1.34. The Balaban J connectivity index is -0.0000000267. The molecule has 0 atom stereocenters. The molecule has 0 unspecified atom stereocenters. The van der Waals surface area contributed by atoms with Crippen LogP contribution in [0.4, 0.5) is 0 Å². The molecule has 0 bridgehead atoms. The SMILES string of the molecule is O=P([O-])([O-])[O-].[Cr+3].[F-].[K+]. The van der Waals surface area contributed by atoms with Crippen LogP contribution in [0.3, 0.4) is 0 Å². The van der Waals surface area contributed by atoms with Gasteiger partial charge < -0.3 is 23.9 Å². The molecule has 8 heteroatoms. The van der Waals surface area contributed by atoms with Gasteiger partial charge in [-0.2, -0.15) is 7.82 Å². The van der Waals surface area contributed by atoms with E-state index in [4.69, 9.17) is 19.2 Å². The maximum atomic E-state index is 8.55. The Kier molecular flexibility index (Phi) is 25.9. The summed E-state index contributed by atoms with van der Waals surface area (Å²) in [6.07, 6.45) is 0. The van der Waals surface area contributed by atoms with Crippen LogP contribution in [0, 0.1) is 0 Å². The van der Waals surface area contributed by atoms with E-state index in [1.807, 2.05) is 0 Å². The third-order valence-electron chi connectivity index (χ3n) is 0. The zero-order chi connectivity index (χ0) is 4.50. The third-order valence-corrected chi connectivity index (χ3v) is 0. The van der Waals surface area contributed by atoms with Crippen LogP contribution in [0.15, 0.2) is 0 Å². The van der Waals surface area contributed by atoms with E-state index in [0.717, 1.165) is 0 Å². The summed E-state index contributed by atoms with van der Waals surface area (Å²) in [7, 11) is -5.39. The molecule has 0 aromatic carbocycles. The Morgan fingerprint density at radius 3 is 1.12 bits per heavy atom. The smallest absolute Gasteiger partial charge is 1.00 e. The number of hydrogen-bond donors (Lipinski definition) is 0. The number of rotatable bonds is 0. The summed E-state index contributed by atoms with van der Waals surface area (Å²) in [5.41, 5.74) is 0. The Bertz CT molecular complexity index is 62.2. The van der Waals surface area contributed by atoms with Crippen LogP contribution in [0.25, 0.3) is 0 Å². The molecule has 0 saturated heterocycles. The maximum absolute atomic E-state index is 8.55. The summed E-state index contributed by atoms with van der Waals surface area (Å²) < 4.78 is 8.55. The largest absolute Gasteiger partial charge is 3.00 e. The molecule has 0 saturated carbocycles. The minimum absolute atomic E-state index is 0. The molecule has 1 radical (unpaired) electrons. The fourth-order valence-corrected chi connectivity index (χ4v) is 0. The van der Waals surface area contributed by atoms with Gasteiger partial charge in [0.05, 0.1) is 0 Å². The van der Waals surface area contributed by atoms with E-state index in [9.17, 15) is 0 Å². The maximum Gasteiger partial charge on any atom is 3.00 e. The molecule has 0 aliphatic heterocycles. The molecule has 0 rings (SSSR count). The summed E-state index contributed by atoms with van der Waals surface area (Å²) in [5.74, 6) is 0. The fourth-order valence-electron chi connectivity index (χ4n) is 0. The van der Waals surface area contributed by atoms with Crippen LogP contribution in [0.2, 0.25) is 0 Å². The molecule has 4 nitrogen and oxygen atoms in total. The van der Waals surface area contributed by atoms with Crippen LogP contribution in [0.5, 0.6) is 0 Å². The van der Waals surface area contributed by atoms with E-state index in [2.05, 4.69) is 0 Å². The molecule has 8 heavy (non-hydrogen) atoms. The first-order valence-corrected chi connectivity index (χ1v) is 2.19. The zero-order valence-corrected chi connectivity index (χ0v) is 9.16. The van der Waals surface area contributed by atoms with Crippen molar-refractivity contribution in [3.63, 3.8) is 0 Å². The van der Waals surface area contributed by atoms with Gasteiger partial charge in [0.2, 0.25) is 0 Å². The summed E-state index contributed by atoms with van der Waals surface area (Å²) in [6.45, 7) is 0. The first-order valence-electron chi connectivity index (χ1n) is 0.730. The molecule has 0 aliphatic carbocycles. The summed E-state index contributed by atoms with van der Waals surface area (Å²) in [6, 6.07) is 0. The minimum Gasteiger partial charge on any atom is -1.00 e. The van der Waals surface area contributed by atoms with Crippen molar-refractivity contribution < 1.29 is 92.7 Å². The van der Waals surface area contributed by atoms with Crippen molar-refractivity contribution in [1.82, 2.24) is 0 Å². The zero-order valence-electron chi connectivity index (χ0n) is 3.87. The Hall–Kier alpha value is 2.21. The molecular weight excluding hydrogens is 205 g/mol. The molecule has 0 spiro atoms. The molecule has 0 aliphatic rings. The Labute approximate surface area is 98.8 Å². The van der Waals surface area contributed by atoms with E-state index < -0.39 is 7.82 Å². The first kappa shape index (κ1) is 22.5. The average molecular weight is 205 g/mol. The monoisotopic (exact) mass is 205 g/mol. The van der Waals surface area contributed by atoms with Crippen molar-refractivity contribution in [2.75, 3.05) is 0 Å². The van der Waals surface area contributed by atoms with Crippen molar-refractivity contribution in [2.24, 2.45) is 0 Å². The van der Waals surface area contributed by atoms with Crippen molar-refractivity contribution >= 4 is 7.82 Å². The van der Waals surface area contributed by atoms with Gasteiger partial charge in [0.25, 0.3) is 0 Å². The van der Waals surface area contributed by atoms with Gasteiger partial charge in [-0.25, -0.2) is 0 Å². The van der Waals surface area contributed by atoms with E-state index in [0.29, 0.717) is 0 Å². The summed E-state index contributed by atoms with van der Waals surface area (Å²) in [5, 5.41) is 0. The van der Waals surface area contributed by atoms with Gasteiger partial charge in [0.15, 0.2) is 0 Å².